The molecule has 0 unspecified atom stereocenters. The van der Waals surface area contributed by atoms with E-state index in [4.69, 9.17) is 4.74 Å². The number of ether oxygens (including phenoxy) is 1. The fourth-order valence-electron chi connectivity index (χ4n) is 1.74. The first-order valence-electron chi connectivity index (χ1n) is 4.72. The molecular weight excluding hydrogens is 307 g/mol. The summed E-state index contributed by atoms with van der Waals surface area (Å²) in [6, 6.07) is 8.95. The van der Waals surface area contributed by atoms with Gasteiger partial charge in [-0.15, -0.1) is 0 Å². The van der Waals surface area contributed by atoms with Gasteiger partial charge < -0.3 is 9.84 Å². The lowest BCUT2D eigenvalue weighted by Gasteiger charge is -2.17. The molecule has 1 saturated heterocycles. The fourth-order valence-corrected chi connectivity index (χ4v) is 2.23. The van der Waals surface area contributed by atoms with Crippen molar-refractivity contribution in [1.82, 2.24) is 0 Å². The van der Waals surface area contributed by atoms with Gasteiger partial charge in [0.25, 0.3) is 0 Å². The maximum atomic E-state index is 11.6. The first-order valence-corrected chi connectivity index (χ1v) is 6.24. The molecule has 0 bridgehead atoms. The molecule has 15 heavy (non-hydrogen) atoms. The molecule has 0 radical (unpaired) electrons. The average molecular weight is 318 g/mol. The Morgan fingerprint density at radius 1 is 1.47 bits per heavy atom. The summed E-state index contributed by atoms with van der Waals surface area (Å²) < 4.78 is 5.79. The summed E-state index contributed by atoms with van der Waals surface area (Å²) in [5.74, 6) is -0.532. The normalized spacial score (nSPS) is 30.3. The molecule has 1 fully saturated rings. The predicted octanol–water partition coefficient (Wildman–Crippen LogP) is 1.62. The van der Waals surface area contributed by atoms with E-state index < -0.39 is 11.6 Å². The Balaban J connectivity index is 2.32. The predicted molar refractivity (Wildman–Crippen MR) is 63.7 cm³/mol. The second kappa shape index (κ2) is 4.09. The molecule has 2 rings (SSSR count). The van der Waals surface area contributed by atoms with Crippen molar-refractivity contribution in [2.75, 3.05) is 4.43 Å². The highest BCUT2D eigenvalue weighted by Gasteiger charge is 2.48. The van der Waals surface area contributed by atoms with Gasteiger partial charge >= 0.3 is 5.97 Å². The molecule has 4 heteroatoms. The molecule has 0 saturated carbocycles. The minimum Gasteiger partial charge on any atom is -0.459 e. The van der Waals surface area contributed by atoms with Crippen molar-refractivity contribution in [3.05, 3.63) is 35.9 Å². The second-order valence-corrected chi connectivity index (χ2v) is 4.49. The van der Waals surface area contributed by atoms with Crippen LogP contribution in [0.25, 0.3) is 0 Å². The van der Waals surface area contributed by atoms with Gasteiger partial charge in [-0.1, -0.05) is 52.9 Å². The molecule has 80 valence electrons. The molecule has 1 aromatic carbocycles. The zero-order valence-electron chi connectivity index (χ0n) is 8.02. The van der Waals surface area contributed by atoms with Crippen LogP contribution < -0.4 is 0 Å². The maximum absolute atomic E-state index is 11.6. The number of benzene rings is 1. The SMILES string of the molecule is O=C1O[C@@H](CI)C[C@]1(O)c1ccccc1. The van der Waals surface area contributed by atoms with E-state index in [-0.39, 0.29) is 6.10 Å². The number of carbonyl (C=O) groups is 1. The number of hydrogen-bond acceptors (Lipinski definition) is 3. The van der Waals surface area contributed by atoms with E-state index in [1.807, 2.05) is 6.07 Å². The van der Waals surface area contributed by atoms with Crippen LogP contribution in [-0.4, -0.2) is 21.6 Å². The summed E-state index contributed by atoms with van der Waals surface area (Å²) >= 11 is 2.15. The summed E-state index contributed by atoms with van der Waals surface area (Å²) in [7, 11) is 0. The van der Waals surface area contributed by atoms with Gasteiger partial charge in [-0.25, -0.2) is 4.79 Å². The summed E-state index contributed by atoms with van der Waals surface area (Å²) in [5, 5.41) is 10.3. The molecule has 1 heterocycles. The van der Waals surface area contributed by atoms with Gasteiger partial charge in [0.15, 0.2) is 5.60 Å². The lowest BCUT2D eigenvalue weighted by atomic mass is 9.91. The Hall–Kier alpha value is -0.620. The molecule has 3 nitrogen and oxygen atoms in total. The van der Waals surface area contributed by atoms with E-state index in [9.17, 15) is 9.90 Å². The van der Waals surface area contributed by atoms with E-state index in [2.05, 4.69) is 22.6 Å². The molecule has 0 amide bonds. The average Bonchev–Trinajstić information content (AvgIpc) is 2.57. The minimum absolute atomic E-state index is 0.177. The van der Waals surface area contributed by atoms with E-state index in [0.717, 1.165) is 0 Å². The third-order valence-electron chi connectivity index (χ3n) is 2.56. The third kappa shape index (κ3) is 1.88. The number of hydrogen-bond donors (Lipinski definition) is 1. The quantitative estimate of drug-likeness (QED) is 0.512. The van der Waals surface area contributed by atoms with Crippen LogP contribution in [0.5, 0.6) is 0 Å². The maximum Gasteiger partial charge on any atom is 0.343 e. The van der Waals surface area contributed by atoms with Crippen LogP contribution in [0.3, 0.4) is 0 Å². The molecule has 1 aliphatic heterocycles. The van der Waals surface area contributed by atoms with Gasteiger partial charge in [-0.2, -0.15) is 0 Å². The lowest BCUT2D eigenvalue weighted by Crippen LogP contribution is -2.30. The Morgan fingerprint density at radius 2 is 2.13 bits per heavy atom. The lowest BCUT2D eigenvalue weighted by molar-refractivity contribution is -0.155. The number of alkyl halides is 1. The summed E-state index contributed by atoms with van der Waals surface area (Å²) in [4.78, 5) is 11.6. The Bertz CT molecular complexity index is 365. The molecule has 1 N–H and O–H groups in total. The number of halogens is 1. The molecular formula is C11H11IO3. The van der Waals surface area contributed by atoms with Crippen molar-refractivity contribution in [1.29, 1.82) is 0 Å². The van der Waals surface area contributed by atoms with Gasteiger partial charge in [0, 0.05) is 10.8 Å². The van der Waals surface area contributed by atoms with E-state index in [1.54, 1.807) is 24.3 Å². The molecule has 0 spiro atoms. The number of esters is 1. The van der Waals surface area contributed by atoms with E-state index in [1.165, 1.54) is 0 Å². The Morgan fingerprint density at radius 3 is 2.67 bits per heavy atom. The van der Waals surface area contributed by atoms with Crippen molar-refractivity contribution in [2.24, 2.45) is 0 Å². The highest BCUT2D eigenvalue weighted by atomic mass is 127. The molecule has 0 aromatic heterocycles. The number of carbonyl (C=O) groups excluding carboxylic acids is 1. The topological polar surface area (TPSA) is 46.5 Å². The first-order chi connectivity index (χ1) is 7.16. The molecule has 0 aliphatic carbocycles. The van der Waals surface area contributed by atoms with Gasteiger partial charge in [0.2, 0.25) is 0 Å². The summed E-state index contributed by atoms with van der Waals surface area (Å²) in [6.45, 7) is 0. The number of aliphatic hydroxyl groups is 1. The number of cyclic esters (lactones) is 1. The van der Waals surface area contributed by atoms with Crippen LogP contribution in [0.1, 0.15) is 12.0 Å². The number of rotatable bonds is 2. The Kier molecular flexibility index (Phi) is 2.97. The third-order valence-corrected chi connectivity index (χ3v) is 3.54. The zero-order valence-corrected chi connectivity index (χ0v) is 10.2. The van der Waals surface area contributed by atoms with Crippen LogP contribution in [0, 0.1) is 0 Å². The molecule has 1 aliphatic rings. The largest absolute Gasteiger partial charge is 0.459 e. The van der Waals surface area contributed by atoms with Crippen molar-refractivity contribution in [3.8, 4) is 0 Å². The van der Waals surface area contributed by atoms with Crippen LogP contribution in [0.2, 0.25) is 0 Å². The summed E-state index contributed by atoms with van der Waals surface area (Å²) in [6.07, 6.45) is 0.169. The van der Waals surface area contributed by atoms with E-state index >= 15 is 0 Å². The first kappa shape index (κ1) is 10.9. The van der Waals surface area contributed by atoms with Gasteiger partial charge in [0.1, 0.15) is 6.10 Å². The van der Waals surface area contributed by atoms with Crippen LogP contribution in [0.15, 0.2) is 30.3 Å². The van der Waals surface area contributed by atoms with Gasteiger partial charge in [-0.3, -0.25) is 0 Å². The van der Waals surface area contributed by atoms with Crippen LogP contribution in [-0.2, 0) is 15.1 Å². The van der Waals surface area contributed by atoms with Crippen molar-refractivity contribution >= 4 is 28.6 Å². The highest BCUT2D eigenvalue weighted by Crippen LogP contribution is 2.35. The second-order valence-electron chi connectivity index (χ2n) is 3.61. The smallest absolute Gasteiger partial charge is 0.343 e. The van der Waals surface area contributed by atoms with Gasteiger partial charge in [-0.05, 0) is 5.56 Å². The van der Waals surface area contributed by atoms with Crippen LogP contribution in [0.4, 0.5) is 0 Å². The summed E-state index contributed by atoms with van der Waals surface area (Å²) in [5.41, 5.74) is -0.834. The van der Waals surface area contributed by atoms with Gasteiger partial charge in [0.05, 0.1) is 0 Å². The molecule has 1 aromatic rings. The zero-order chi connectivity index (χ0) is 10.9. The fraction of sp³-hybridized carbons (Fsp3) is 0.364. The Labute approximate surface area is 102 Å². The van der Waals surface area contributed by atoms with Crippen LogP contribution >= 0.6 is 22.6 Å². The van der Waals surface area contributed by atoms with E-state index in [0.29, 0.717) is 16.4 Å². The molecule has 2 atom stereocenters. The van der Waals surface area contributed by atoms with Crippen molar-refractivity contribution < 1.29 is 14.6 Å². The highest BCUT2D eigenvalue weighted by molar-refractivity contribution is 14.1. The standard InChI is InChI=1S/C11H11IO3/c12-7-9-6-11(14,10(13)15-9)8-4-2-1-3-5-8/h1-5,9,14H,6-7H2/t9-,11+/m1/s1. The monoisotopic (exact) mass is 318 g/mol. The van der Waals surface area contributed by atoms with Crippen molar-refractivity contribution in [3.63, 3.8) is 0 Å². The van der Waals surface area contributed by atoms with Crippen molar-refractivity contribution in [2.45, 2.75) is 18.1 Å². The minimum atomic E-state index is -1.45.